The van der Waals surface area contributed by atoms with Crippen LogP contribution in [0, 0.1) is 13.8 Å². The fourth-order valence-electron chi connectivity index (χ4n) is 1.30. The van der Waals surface area contributed by atoms with E-state index in [-0.39, 0.29) is 6.61 Å². The Morgan fingerprint density at radius 1 is 1.47 bits per heavy atom. The Kier molecular flexibility index (Phi) is 4.27. The average molecular weight is 208 g/mol. The lowest BCUT2D eigenvalue weighted by Gasteiger charge is -2.07. The van der Waals surface area contributed by atoms with Crippen molar-refractivity contribution in [3.05, 3.63) is 34.9 Å². The number of nitrogens with two attached hydrogens (primary N) is 1. The molecule has 1 amide bonds. The van der Waals surface area contributed by atoms with Gasteiger partial charge in [0.05, 0.1) is 0 Å². The molecule has 1 aromatic rings. The lowest BCUT2D eigenvalue weighted by molar-refractivity contribution is -0.125. The number of nitrogens with one attached hydrogen (secondary N) is 1. The van der Waals surface area contributed by atoms with Crippen LogP contribution in [0.4, 0.5) is 0 Å². The number of carbonyl (C=O) groups is 1. The van der Waals surface area contributed by atoms with Crippen molar-refractivity contribution in [1.29, 1.82) is 0 Å². The topological polar surface area (TPSA) is 64.3 Å². The predicted octanol–water partition coefficient (Wildman–Crippen LogP) is 0.810. The summed E-state index contributed by atoms with van der Waals surface area (Å²) in [5, 5.41) is 0. The SMILES string of the molecule is Cc1ccc(CNOCC(N)=O)c(C)c1. The van der Waals surface area contributed by atoms with Crippen molar-refractivity contribution >= 4 is 5.91 Å². The molecule has 15 heavy (non-hydrogen) atoms. The van der Waals surface area contributed by atoms with Crippen LogP contribution in [0.25, 0.3) is 0 Å². The van der Waals surface area contributed by atoms with Crippen LogP contribution < -0.4 is 11.2 Å². The number of carbonyl (C=O) groups excluding carboxylic acids is 1. The summed E-state index contributed by atoms with van der Waals surface area (Å²) in [6, 6.07) is 6.18. The number of primary amides is 1. The van der Waals surface area contributed by atoms with Crippen molar-refractivity contribution in [2.75, 3.05) is 6.61 Å². The highest BCUT2D eigenvalue weighted by atomic mass is 16.6. The number of amides is 1. The maximum absolute atomic E-state index is 10.4. The summed E-state index contributed by atoms with van der Waals surface area (Å²) < 4.78 is 0. The molecule has 1 rings (SSSR count). The first-order valence-corrected chi connectivity index (χ1v) is 4.78. The van der Waals surface area contributed by atoms with Gasteiger partial charge in [-0.1, -0.05) is 23.8 Å². The molecule has 0 saturated heterocycles. The molecule has 1 aromatic carbocycles. The van der Waals surface area contributed by atoms with Gasteiger partial charge in [-0.2, -0.15) is 5.48 Å². The molecule has 0 heterocycles. The molecule has 82 valence electrons. The third-order valence-electron chi connectivity index (χ3n) is 2.08. The standard InChI is InChI=1S/C11H16N2O2/c1-8-3-4-10(9(2)5-8)6-13-15-7-11(12)14/h3-5,13H,6-7H2,1-2H3,(H2,12,14). The molecule has 0 unspecified atom stereocenters. The fourth-order valence-corrected chi connectivity index (χ4v) is 1.30. The number of hydroxylamine groups is 1. The average Bonchev–Trinajstić information content (AvgIpc) is 2.14. The Morgan fingerprint density at radius 3 is 2.80 bits per heavy atom. The second-order valence-corrected chi connectivity index (χ2v) is 3.51. The lowest BCUT2D eigenvalue weighted by Crippen LogP contribution is -2.24. The van der Waals surface area contributed by atoms with Crippen LogP contribution in [0.2, 0.25) is 0 Å². The van der Waals surface area contributed by atoms with Gasteiger partial charge >= 0.3 is 0 Å². The third-order valence-corrected chi connectivity index (χ3v) is 2.08. The van der Waals surface area contributed by atoms with Gasteiger partial charge in [0.2, 0.25) is 5.91 Å². The van der Waals surface area contributed by atoms with Gasteiger partial charge in [0.15, 0.2) is 0 Å². The van der Waals surface area contributed by atoms with Gasteiger partial charge in [-0.25, -0.2) is 0 Å². The number of aryl methyl sites for hydroxylation is 2. The highest BCUT2D eigenvalue weighted by Gasteiger charge is 1.99. The second kappa shape index (κ2) is 5.48. The molecule has 0 spiro atoms. The van der Waals surface area contributed by atoms with E-state index in [1.807, 2.05) is 26.0 Å². The molecule has 0 bridgehead atoms. The predicted molar refractivity (Wildman–Crippen MR) is 57.9 cm³/mol. The highest BCUT2D eigenvalue weighted by molar-refractivity contribution is 5.74. The normalized spacial score (nSPS) is 10.3. The molecule has 0 radical (unpaired) electrons. The quantitative estimate of drug-likeness (QED) is 0.556. The minimum Gasteiger partial charge on any atom is -0.368 e. The van der Waals surface area contributed by atoms with Gasteiger partial charge in [0.1, 0.15) is 6.61 Å². The first kappa shape index (κ1) is 11.7. The molecule has 0 aliphatic carbocycles. The summed E-state index contributed by atoms with van der Waals surface area (Å²) in [5.41, 5.74) is 11.2. The van der Waals surface area contributed by atoms with Crippen LogP contribution in [-0.4, -0.2) is 12.5 Å². The second-order valence-electron chi connectivity index (χ2n) is 3.51. The number of hydrogen-bond donors (Lipinski definition) is 2. The first-order chi connectivity index (χ1) is 7.09. The smallest absolute Gasteiger partial charge is 0.245 e. The molecule has 0 aliphatic rings. The largest absolute Gasteiger partial charge is 0.368 e. The zero-order chi connectivity index (χ0) is 11.3. The van der Waals surface area contributed by atoms with Crippen molar-refractivity contribution < 1.29 is 9.63 Å². The maximum atomic E-state index is 10.4. The van der Waals surface area contributed by atoms with Crippen molar-refractivity contribution in [1.82, 2.24) is 5.48 Å². The Bertz CT molecular complexity index is 350. The maximum Gasteiger partial charge on any atom is 0.245 e. The zero-order valence-corrected chi connectivity index (χ0v) is 9.04. The molecule has 3 N–H and O–H groups in total. The zero-order valence-electron chi connectivity index (χ0n) is 9.04. The Morgan fingerprint density at radius 2 is 2.20 bits per heavy atom. The summed E-state index contributed by atoms with van der Waals surface area (Å²) in [4.78, 5) is 15.2. The summed E-state index contributed by atoms with van der Waals surface area (Å²) >= 11 is 0. The minimum absolute atomic E-state index is 0.106. The summed E-state index contributed by atoms with van der Waals surface area (Å²) in [5.74, 6) is -0.483. The van der Waals surface area contributed by atoms with Crippen LogP contribution >= 0.6 is 0 Å². The number of rotatable bonds is 5. The van der Waals surface area contributed by atoms with Crippen LogP contribution in [0.15, 0.2) is 18.2 Å². The van der Waals surface area contributed by atoms with Gasteiger partial charge in [-0.3, -0.25) is 9.63 Å². The van der Waals surface area contributed by atoms with Gasteiger partial charge in [-0.15, -0.1) is 0 Å². The monoisotopic (exact) mass is 208 g/mol. The molecule has 0 fully saturated rings. The molecular formula is C11H16N2O2. The van der Waals surface area contributed by atoms with E-state index in [0.29, 0.717) is 6.54 Å². The van der Waals surface area contributed by atoms with Gasteiger partial charge < -0.3 is 5.73 Å². The lowest BCUT2D eigenvalue weighted by atomic mass is 10.1. The van der Waals surface area contributed by atoms with Gasteiger partial charge in [-0.05, 0) is 25.0 Å². The Balaban J connectivity index is 2.40. The molecule has 4 nitrogen and oxygen atoms in total. The van der Waals surface area contributed by atoms with Crippen LogP contribution in [0.1, 0.15) is 16.7 Å². The summed E-state index contributed by atoms with van der Waals surface area (Å²) in [6.07, 6.45) is 0. The molecular weight excluding hydrogens is 192 g/mol. The highest BCUT2D eigenvalue weighted by Crippen LogP contribution is 2.09. The molecule has 0 aromatic heterocycles. The van der Waals surface area contributed by atoms with E-state index >= 15 is 0 Å². The van der Waals surface area contributed by atoms with Crippen molar-refractivity contribution in [3.63, 3.8) is 0 Å². The third kappa shape index (κ3) is 4.10. The van der Waals surface area contributed by atoms with Crippen molar-refractivity contribution in [2.24, 2.45) is 5.73 Å². The number of benzene rings is 1. The summed E-state index contributed by atoms with van der Waals surface area (Å²) in [6.45, 7) is 4.55. The van der Waals surface area contributed by atoms with E-state index in [4.69, 9.17) is 10.6 Å². The van der Waals surface area contributed by atoms with Crippen molar-refractivity contribution in [2.45, 2.75) is 20.4 Å². The van der Waals surface area contributed by atoms with E-state index in [1.54, 1.807) is 0 Å². The van der Waals surface area contributed by atoms with E-state index in [0.717, 1.165) is 5.56 Å². The van der Waals surface area contributed by atoms with E-state index in [9.17, 15) is 4.79 Å². The first-order valence-electron chi connectivity index (χ1n) is 4.78. The van der Waals surface area contributed by atoms with Crippen LogP contribution in [0.3, 0.4) is 0 Å². The summed E-state index contributed by atoms with van der Waals surface area (Å²) in [7, 11) is 0. The van der Waals surface area contributed by atoms with E-state index in [1.165, 1.54) is 11.1 Å². The van der Waals surface area contributed by atoms with E-state index in [2.05, 4.69) is 11.5 Å². The van der Waals surface area contributed by atoms with Gasteiger partial charge in [0.25, 0.3) is 0 Å². The van der Waals surface area contributed by atoms with Crippen LogP contribution in [0.5, 0.6) is 0 Å². The fraction of sp³-hybridized carbons (Fsp3) is 0.364. The van der Waals surface area contributed by atoms with Crippen molar-refractivity contribution in [3.8, 4) is 0 Å². The molecule has 0 aliphatic heterocycles. The molecule has 0 atom stereocenters. The Hall–Kier alpha value is -1.39. The van der Waals surface area contributed by atoms with Crippen LogP contribution in [-0.2, 0) is 16.2 Å². The number of hydrogen-bond acceptors (Lipinski definition) is 3. The molecule has 0 saturated carbocycles. The molecule has 4 heteroatoms. The van der Waals surface area contributed by atoms with Gasteiger partial charge in [0, 0.05) is 6.54 Å². The minimum atomic E-state index is -0.483. The Labute approximate surface area is 89.4 Å². The van der Waals surface area contributed by atoms with E-state index < -0.39 is 5.91 Å².